The van der Waals surface area contributed by atoms with Crippen LogP contribution in [0.1, 0.15) is 0 Å². The minimum Gasteiger partial charge on any atom is -0.258 e. The molecule has 1 aromatic heterocycles. The van der Waals surface area contributed by atoms with Gasteiger partial charge in [0.05, 0.1) is 4.92 Å². The zero-order valence-corrected chi connectivity index (χ0v) is 8.04. The van der Waals surface area contributed by atoms with Crippen LogP contribution in [0.3, 0.4) is 0 Å². The van der Waals surface area contributed by atoms with Gasteiger partial charge in [0.15, 0.2) is 0 Å². The van der Waals surface area contributed by atoms with Gasteiger partial charge in [0.1, 0.15) is 12.7 Å². The van der Waals surface area contributed by atoms with E-state index in [1.54, 1.807) is 0 Å². The maximum absolute atomic E-state index is 11.8. The van der Waals surface area contributed by atoms with E-state index < -0.39 is 23.3 Å². The van der Waals surface area contributed by atoms with Crippen molar-refractivity contribution in [3.63, 3.8) is 0 Å². The second-order valence-electron chi connectivity index (χ2n) is 2.38. The summed E-state index contributed by atoms with van der Waals surface area (Å²) in [7, 11) is 0. The molecule has 0 radical (unpaired) electrons. The molecule has 0 N–H and O–H groups in total. The van der Waals surface area contributed by atoms with Crippen LogP contribution in [0.4, 0.5) is 18.9 Å². The van der Waals surface area contributed by atoms with Crippen LogP contribution in [0.25, 0.3) is 0 Å². The number of halogens is 4. The van der Waals surface area contributed by atoms with Crippen LogP contribution in [0.15, 0.2) is 10.8 Å². The first-order valence-corrected chi connectivity index (χ1v) is 4.03. The predicted molar refractivity (Wildman–Crippen MR) is 42.6 cm³/mol. The third-order valence-electron chi connectivity index (χ3n) is 1.24. The van der Waals surface area contributed by atoms with Gasteiger partial charge >= 0.3 is 11.9 Å². The van der Waals surface area contributed by atoms with Gasteiger partial charge < -0.3 is 0 Å². The number of nitro groups is 1. The molecular formula is C5H3BrF3N3O2. The number of nitrogens with zero attached hydrogens (tertiary/aromatic N) is 3. The van der Waals surface area contributed by atoms with Crippen LogP contribution in [0.5, 0.6) is 0 Å². The molecule has 0 fully saturated rings. The fourth-order valence-corrected chi connectivity index (χ4v) is 1.23. The highest BCUT2D eigenvalue weighted by Gasteiger charge is 2.30. The summed E-state index contributed by atoms with van der Waals surface area (Å²) in [5.74, 6) is 0. The Morgan fingerprint density at radius 3 is 2.57 bits per heavy atom. The van der Waals surface area contributed by atoms with Crippen LogP contribution in [-0.2, 0) is 6.54 Å². The lowest BCUT2D eigenvalue weighted by atomic mass is 10.6. The van der Waals surface area contributed by atoms with Crippen molar-refractivity contribution in [2.75, 3.05) is 0 Å². The molecule has 0 amide bonds. The lowest BCUT2D eigenvalue weighted by Gasteiger charge is -2.04. The number of hydrogen-bond donors (Lipinski definition) is 0. The highest BCUT2D eigenvalue weighted by molar-refractivity contribution is 9.10. The normalized spacial score (nSPS) is 11.7. The standard InChI is InChI=1S/C5H3BrF3N3O2/c6-4-3(12(13)14)1-11(10-4)2-5(7,8)9/h1H,2H2. The van der Waals surface area contributed by atoms with Gasteiger partial charge in [0.25, 0.3) is 0 Å². The average molecular weight is 274 g/mol. The smallest absolute Gasteiger partial charge is 0.258 e. The summed E-state index contributed by atoms with van der Waals surface area (Å²) in [6.45, 7) is -1.35. The Bertz CT molecular complexity index is 362. The molecule has 1 aromatic rings. The SMILES string of the molecule is O=[N+]([O-])c1cn(CC(F)(F)F)nc1Br. The van der Waals surface area contributed by atoms with Gasteiger partial charge in [-0.25, -0.2) is 0 Å². The van der Waals surface area contributed by atoms with Crippen molar-refractivity contribution in [2.45, 2.75) is 12.7 Å². The van der Waals surface area contributed by atoms with Crippen molar-refractivity contribution >= 4 is 21.6 Å². The number of alkyl halides is 3. The molecule has 78 valence electrons. The van der Waals surface area contributed by atoms with E-state index >= 15 is 0 Å². The lowest BCUT2D eigenvalue weighted by Crippen LogP contribution is -2.17. The van der Waals surface area contributed by atoms with Gasteiger partial charge in [0, 0.05) is 0 Å². The van der Waals surface area contributed by atoms with Crippen molar-refractivity contribution in [3.05, 3.63) is 20.9 Å². The summed E-state index contributed by atoms with van der Waals surface area (Å²) in [5.41, 5.74) is -0.491. The molecule has 14 heavy (non-hydrogen) atoms. The molecule has 0 spiro atoms. The van der Waals surface area contributed by atoms with Crippen LogP contribution < -0.4 is 0 Å². The second kappa shape index (κ2) is 3.56. The topological polar surface area (TPSA) is 61.0 Å². The Labute approximate surface area is 83.8 Å². The van der Waals surface area contributed by atoms with E-state index in [-0.39, 0.29) is 4.60 Å². The highest BCUT2D eigenvalue weighted by atomic mass is 79.9. The fraction of sp³-hybridized carbons (Fsp3) is 0.400. The Morgan fingerprint density at radius 2 is 2.21 bits per heavy atom. The monoisotopic (exact) mass is 273 g/mol. The van der Waals surface area contributed by atoms with E-state index in [9.17, 15) is 23.3 Å². The molecule has 0 aliphatic carbocycles. The van der Waals surface area contributed by atoms with Crippen LogP contribution >= 0.6 is 15.9 Å². The Morgan fingerprint density at radius 1 is 1.64 bits per heavy atom. The number of aromatic nitrogens is 2. The molecule has 0 unspecified atom stereocenters. The largest absolute Gasteiger partial charge is 0.408 e. The first-order valence-electron chi connectivity index (χ1n) is 3.23. The van der Waals surface area contributed by atoms with E-state index in [1.807, 2.05) is 0 Å². The van der Waals surface area contributed by atoms with E-state index in [2.05, 4.69) is 21.0 Å². The van der Waals surface area contributed by atoms with Crippen LogP contribution in [0.2, 0.25) is 0 Å². The summed E-state index contributed by atoms with van der Waals surface area (Å²) >= 11 is 2.68. The molecule has 9 heteroatoms. The summed E-state index contributed by atoms with van der Waals surface area (Å²) < 4.78 is 35.8. The fourth-order valence-electron chi connectivity index (χ4n) is 0.774. The second-order valence-corrected chi connectivity index (χ2v) is 3.13. The van der Waals surface area contributed by atoms with Crippen LogP contribution in [0, 0.1) is 10.1 Å². The van der Waals surface area contributed by atoms with Gasteiger partial charge in [-0.15, -0.1) is 0 Å². The third kappa shape index (κ3) is 2.69. The molecule has 0 saturated heterocycles. The molecule has 5 nitrogen and oxygen atoms in total. The van der Waals surface area contributed by atoms with Crippen molar-refractivity contribution in [1.82, 2.24) is 9.78 Å². The van der Waals surface area contributed by atoms with Gasteiger partial charge in [-0.05, 0) is 15.9 Å². The molecular weight excluding hydrogens is 271 g/mol. The summed E-state index contributed by atoms with van der Waals surface area (Å²) in [6.07, 6.45) is -3.73. The Balaban J connectivity index is 2.92. The number of rotatable bonds is 2. The van der Waals surface area contributed by atoms with Crippen LogP contribution in [-0.4, -0.2) is 20.9 Å². The maximum Gasteiger partial charge on any atom is 0.408 e. The average Bonchev–Trinajstić information content (AvgIpc) is 2.26. The van der Waals surface area contributed by atoms with E-state index in [0.717, 1.165) is 6.20 Å². The molecule has 0 atom stereocenters. The lowest BCUT2D eigenvalue weighted by molar-refractivity contribution is -0.385. The Hall–Kier alpha value is -1.12. The van der Waals surface area contributed by atoms with Gasteiger partial charge in [-0.3, -0.25) is 14.8 Å². The Kier molecular flexibility index (Phi) is 2.79. The molecule has 0 aliphatic rings. The van der Waals surface area contributed by atoms with Crippen molar-refractivity contribution in [3.8, 4) is 0 Å². The van der Waals surface area contributed by atoms with Gasteiger partial charge in [-0.1, -0.05) is 0 Å². The van der Waals surface area contributed by atoms with Crippen molar-refractivity contribution in [1.29, 1.82) is 0 Å². The van der Waals surface area contributed by atoms with Crippen molar-refractivity contribution < 1.29 is 18.1 Å². The summed E-state index contributed by atoms with van der Waals surface area (Å²) in [4.78, 5) is 9.43. The predicted octanol–water partition coefficient (Wildman–Crippen LogP) is 2.12. The molecule has 0 bridgehead atoms. The minimum absolute atomic E-state index is 0.216. The first-order chi connectivity index (χ1) is 6.29. The zero-order valence-electron chi connectivity index (χ0n) is 6.45. The van der Waals surface area contributed by atoms with E-state index in [1.165, 1.54) is 0 Å². The minimum atomic E-state index is -4.45. The van der Waals surface area contributed by atoms with Gasteiger partial charge in [-0.2, -0.15) is 18.3 Å². The summed E-state index contributed by atoms with van der Waals surface area (Å²) in [5, 5.41) is 13.5. The highest BCUT2D eigenvalue weighted by Crippen LogP contribution is 2.24. The zero-order chi connectivity index (χ0) is 10.9. The molecule has 0 aromatic carbocycles. The molecule has 1 heterocycles. The third-order valence-corrected chi connectivity index (χ3v) is 1.80. The molecule has 0 aliphatic heterocycles. The maximum atomic E-state index is 11.8. The first kappa shape index (κ1) is 11.0. The van der Waals surface area contributed by atoms with Gasteiger partial charge in [0.2, 0.25) is 4.60 Å². The van der Waals surface area contributed by atoms with E-state index in [0.29, 0.717) is 4.68 Å². The van der Waals surface area contributed by atoms with E-state index in [4.69, 9.17) is 0 Å². The molecule has 1 rings (SSSR count). The number of hydrogen-bond acceptors (Lipinski definition) is 3. The van der Waals surface area contributed by atoms with Crippen molar-refractivity contribution in [2.24, 2.45) is 0 Å². The molecule has 0 saturated carbocycles. The summed E-state index contributed by atoms with van der Waals surface area (Å²) in [6, 6.07) is 0. The quantitative estimate of drug-likeness (QED) is 0.613.